The van der Waals surface area contributed by atoms with E-state index in [1.807, 2.05) is 26.0 Å². The summed E-state index contributed by atoms with van der Waals surface area (Å²) >= 11 is 0. The lowest BCUT2D eigenvalue weighted by Gasteiger charge is -2.33. The van der Waals surface area contributed by atoms with Crippen molar-refractivity contribution in [2.75, 3.05) is 40.0 Å². The summed E-state index contributed by atoms with van der Waals surface area (Å²) in [5.74, 6) is -2.93. The average Bonchev–Trinajstić information content (AvgIpc) is 3.19. The van der Waals surface area contributed by atoms with Crippen LogP contribution in [0.5, 0.6) is 0 Å². The Morgan fingerprint density at radius 2 is 1.61 bits per heavy atom. The number of hydrazine groups is 1. The van der Waals surface area contributed by atoms with Crippen LogP contribution in [0.3, 0.4) is 0 Å². The minimum atomic E-state index is -1.36. The highest BCUT2D eigenvalue weighted by Crippen LogP contribution is 2.25. The van der Waals surface area contributed by atoms with Gasteiger partial charge in [0, 0.05) is 25.6 Å². The van der Waals surface area contributed by atoms with Crippen LogP contribution in [-0.2, 0) is 28.7 Å². The van der Waals surface area contributed by atoms with Gasteiger partial charge >= 0.3 is 0 Å². The van der Waals surface area contributed by atoms with E-state index in [-0.39, 0.29) is 37.8 Å². The zero-order valence-corrected chi connectivity index (χ0v) is 32.6. The van der Waals surface area contributed by atoms with E-state index in [4.69, 9.17) is 15.2 Å². The first-order valence-corrected chi connectivity index (χ1v) is 19.3. The van der Waals surface area contributed by atoms with E-state index in [1.165, 1.54) is 13.2 Å². The number of carbonyl (C=O) groups excluding carboxylic acids is 5. The van der Waals surface area contributed by atoms with Crippen molar-refractivity contribution in [3.63, 3.8) is 0 Å². The summed E-state index contributed by atoms with van der Waals surface area (Å²) in [7, 11) is 1.54. The molecule has 4 unspecified atom stereocenters. The number of methoxy groups -OCH3 is 1. The fourth-order valence-electron chi connectivity index (χ4n) is 6.76. The summed E-state index contributed by atoms with van der Waals surface area (Å²) in [5, 5.41) is 22.6. The molecule has 3 aromatic rings. The topological polar surface area (TPSA) is 214 Å². The van der Waals surface area contributed by atoms with E-state index >= 15 is 0 Å². The number of nitrogens with zero attached hydrogens (tertiary/aromatic N) is 2. The number of aliphatic hydroxyl groups is 1. The summed E-state index contributed by atoms with van der Waals surface area (Å²) in [6.45, 7) is 4.80. The van der Waals surface area contributed by atoms with Crippen molar-refractivity contribution in [2.45, 2.75) is 83.0 Å². The van der Waals surface area contributed by atoms with Crippen LogP contribution in [0.25, 0.3) is 10.9 Å². The van der Waals surface area contributed by atoms with Crippen molar-refractivity contribution >= 4 is 40.4 Å². The molecule has 1 fully saturated rings. The van der Waals surface area contributed by atoms with Crippen LogP contribution in [-0.4, -0.2) is 103 Å². The number of aliphatic hydroxyl groups excluding tert-OH is 1. The highest BCUT2D eigenvalue weighted by Gasteiger charge is 2.31. The van der Waals surface area contributed by atoms with Crippen molar-refractivity contribution in [2.24, 2.45) is 17.6 Å². The molecule has 1 aliphatic rings. The van der Waals surface area contributed by atoms with Crippen molar-refractivity contribution < 1.29 is 38.6 Å². The number of aromatic nitrogens is 1. The van der Waals surface area contributed by atoms with Crippen LogP contribution in [0.1, 0.15) is 80.9 Å². The Labute approximate surface area is 328 Å². The highest BCUT2D eigenvalue weighted by molar-refractivity contribution is 5.99. The van der Waals surface area contributed by atoms with Crippen LogP contribution >= 0.6 is 0 Å². The van der Waals surface area contributed by atoms with Crippen LogP contribution in [0, 0.1) is 11.8 Å². The number of primary amides is 1. The molecule has 1 saturated carbocycles. The van der Waals surface area contributed by atoms with Crippen molar-refractivity contribution in [1.29, 1.82) is 0 Å². The van der Waals surface area contributed by atoms with E-state index < -0.39 is 60.2 Å². The molecule has 5 amide bonds. The molecule has 4 atom stereocenters. The van der Waals surface area contributed by atoms with Crippen LogP contribution < -0.4 is 27.1 Å². The lowest BCUT2D eigenvalue weighted by atomic mass is 9.89. The molecule has 0 radical (unpaired) electrons. The SMILES string of the molecule is COCCOCC(=O)NC(C(=O)NN(CCC(O)C(NC(=O)C(CC(N)=O)NC(=O)c1ccc2ccccc2n1)c1ccccc1)CC1CCCCC1)C(C)C. The Kier molecular flexibility index (Phi) is 17.6. The predicted octanol–water partition coefficient (Wildman–Crippen LogP) is 2.53. The van der Waals surface area contributed by atoms with Gasteiger partial charge in [0.15, 0.2) is 0 Å². The summed E-state index contributed by atoms with van der Waals surface area (Å²) in [5.41, 5.74) is 9.75. The third-order valence-corrected chi connectivity index (χ3v) is 9.80. The van der Waals surface area contributed by atoms with Gasteiger partial charge in [-0.2, -0.15) is 0 Å². The minimum Gasteiger partial charge on any atom is -0.391 e. The summed E-state index contributed by atoms with van der Waals surface area (Å²) in [6, 6.07) is 16.2. The lowest BCUT2D eigenvalue weighted by molar-refractivity contribution is -0.135. The molecule has 0 bridgehead atoms. The maximum Gasteiger partial charge on any atom is 0.270 e. The number of carbonyl (C=O) groups is 5. The van der Waals surface area contributed by atoms with Crippen LogP contribution in [0.4, 0.5) is 0 Å². The second-order valence-corrected chi connectivity index (χ2v) is 14.6. The van der Waals surface area contributed by atoms with Gasteiger partial charge in [-0.3, -0.25) is 29.4 Å². The number of benzene rings is 2. The van der Waals surface area contributed by atoms with Crippen LogP contribution in [0.15, 0.2) is 66.7 Å². The number of hydrogen-bond donors (Lipinski definition) is 6. The van der Waals surface area contributed by atoms with Crippen molar-refractivity contribution in [1.82, 2.24) is 31.4 Å². The molecule has 15 heteroatoms. The fourth-order valence-corrected chi connectivity index (χ4v) is 6.76. The van der Waals surface area contributed by atoms with E-state index in [9.17, 15) is 29.1 Å². The fraction of sp³-hybridized carbons (Fsp3) is 0.512. The predicted molar refractivity (Wildman–Crippen MR) is 211 cm³/mol. The Bertz CT molecular complexity index is 1740. The number of rotatable bonds is 22. The molecule has 4 rings (SSSR count). The Morgan fingerprint density at radius 1 is 0.893 bits per heavy atom. The Morgan fingerprint density at radius 3 is 2.30 bits per heavy atom. The number of para-hydroxylation sites is 1. The molecule has 304 valence electrons. The zero-order chi connectivity index (χ0) is 40.5. The maximum absolute atomic E-state index is 13.8. The molecule has 0 saturated heterocycles. The van der Waals surface area contributed by atoms with E-state index in [1.54, 1.807) is 53.5 Å². The molecule has 1 heterocycles. The summed E-state index contributed by atoms with van der Waals surface area (Å²) in [6.07, 6.45) is 3.80. The third kappa shape index (κ3) is 14.0. The van der Waals surface area contributed by atoms with Crippen LogP contribution in [0.2, 0.25) is 0 Å². The standard InChI is InChI=1S/C41H57N7O8/c1-27(2)37(45-36(51)26-56-23-22-55-3)41(54)47-48(25-28-12-6-4-7-13-28)21-20-34(49)38(30-15-8-5-9-16-30)46-40(53)33(24-35(42)50)44-39(52)32-19-18-29-14-10-11-17-31(29)43-32/h5,8-11,14-19,27-28,33-34,37-38,49H,4,6-7,12-13,20-26H2,1-3H3,(H2,42,50)(H,44,52)(H,45,51)(H,46,53)(H,47,54). The Balaban J connectivity index is 1.48. The van der Waals surface area contributed by atoms with Gasteiger partial charge in [0.2, 0.25) is 17.7 Å². The summed E-state index contributed by atoms with van der Waals surface area (Å²) in [4.78, 5) is 69.9. The molecule has 15 nitrogen and oxygen atoms in total. The normalized spacial score (nSPS) is 15.5. The van der Waals surface area contributed by atoms with Gasteiger partial charge in [0.25, 0.3) is 11.8 Å². The number of hydrogen-bond acceptors (Lipinski definition) is 10. The van der Waals surface area contributed by atoms with Gasteiger partial charge in [0.05, 0.1) is 37.3 Å². The van der Waals surface area contributed by atoms with Crippen molar-refractivity contribution in [3.8, 4) is 0 Å². The van der Waals surface area contributed by atoms with Gasteiger partial charge in [-0.15, -0.1) is 0 Å². The zero-order valence-electron chi connectivity index (χ0n) is 32.6. The quantitative estimate of drug-likeness (QED) is 0.0648. The molecule has 2 aromatic carbocycles. The maximum atomic E-state index is 13.8. The van der Waals surface area contributed by atoms with Gasteiger partial charge in [-0.1, -0.05) is 87.7 Å². The van der Waals surface area contributed by atoms with E-state index in [0.29, 0.717) is 30.1 Å². The first-order valence-electron chi connectivity index (χ1n) is 19.3. The van der Waals surface area contributed by atoms with Gasteiger partial charge in [-0.05, 0) is 48.8 Å². The number of pyridine rings is 1. The molecular formula is C41H57N7O8. The number of nitrogens with two attached hydrogens (primary N) is 1. The van der Waals surface area contributed by atoms with Gasteiger partial charge in [0.1, 0.15) is 24.4 Å². The van der Waals surface area contributed by atoms with E-state index in [2.05, 4.69) is 26.4 Å². The molecule has 7 N–H and O–H groups in total. The molecule has 0 aliphatic heterocycles. The lowest BCUT2D eigenvalue weighted by Crippen LogP contribution is -2.56. The van der Waals surface area contributed by atoms with Gasteiger partial charge < -0.3 is 36.3 Å². The van der Waals surface area contributed by atoms with Gasteiger partial charge in [-0.25, -0.2) is 9.99 Å². The Hall–Kier alpha value is -4.96. The molecular weight excluding hydrogens is 718 g/mol. The minimum absolute atomic E-state index is 0.0559. The smallest absolute Gasteiger partial charge is 0.270 e. The molecule has 0 spiro atoms. The second-order valence-electron chi connectivity index (χ2n) is 14.6. The van der Waals surface area contributed by atoms with Crippen molar-refractivity contribution in [3.05, 3.63) is 78.0 Å². The largest absolute Gasteiger partial charge is 0.391 e. The molecule has 1 aliphatic carbocycles. The van der Waals surface area contributed by atoms with E-state index in [0.717, 1.165) is 37.5 Å². The first kappa shape index (κ1) is 43.8. The average molecular weight is 776 g/mol. The monoisotopic (exact) mass is 775 g/mol. The highest BCUT2D eigenvalue weighted by atomic mass is 16.5. The first-order chi connectivity index (χ1) is 26.9. The summed E-state index contributed by atoms with van der Waals surface area (Å²) < 4.78 is 10.3. The molecule has 56 heavy (non-hydrogen) atoms. The second kappa shape index (κ2) is 22.6. The number of ether oxygens (including phenoxy) is 2. The third-order valence-electron chi connectivity index (χ3n) is 9.80. The number of nitrogens with one attached hydrogen (secondary N) is 4. The number of fused-ring (bicyclic) bond motifs is 1. The number of amides is 5. The molecule has 1 aromatic heterocycles.